The predicted molar refractivity (Wildman–Crippen MR) is 110 cm³/mol. The molecule has 0 fully saturated rings. The van der Waals surface area contributed by atoms with Crippen LogP contribution in [0.5, 0.6) is 5.75 Å². The van der Waals surface area contributed by atoms with Gasteiger partial charge in [-0.2, -0.15) is 0 Å². The molecule has 0 saturated carbocycles. The van der Waals surface area contributed by atoms with Crippen LogP contribution in [0.4, 0.5) is 0 Å². The molecule has 0 aromatic heterocycles. The fourth-order valence-electron chi connectivity index (χ4n) is 2.76. The van der Waals surface area contributed by atoms with Crippen LogP contribution in [0.1, 0.15) is 25.0 Å². The Morgan fingerprint density at radius 1 is 1.07 bits per heavy atom. The van der Waals surface area contributed by atoms with Gasteiger partial charge >= 0.3 is 0 Å². The molecule has 1 unspecified atom stereocenters. The first-order valence-corrected chi connectivity index (χ1v) is 9.36. The van der Waals surface area contributed by atoms with Gasteiger partial charge in [-0.25, -0.2) is 0 Å². The van der Waals surface area contributed by atoms with E-state index in [1.165, 1.54) is 5.56 Å². The topological polar surface area (TPSA) is 50.7 Å². The smallest absolute Gasteiger partial charge is 0.119 e. The third kappa shape index (κ3) is 8.39. The fraction of sp³-hybridized carbons (Fsp3) is 0.391. The van der Waals surface area contributed by atoms with Crippen LogP contribution in [0.2, 0.25) is 0 Å². The van der Waals surface area contributed by atoms with E-state index in [9.17, 15) is 5.11 Å². The first-order valence-electron chi connectivity index (χ1n) is 9.36. The van der Waals surface area contributed by atoms with Gasteiger partial charge in [0.05, 0.1) is 13.2 Å². The zero-order chi connectivity index (χ0) is 19.5. The normalized spacial score (nSPS) is 12.6. The number of β-amino-alcohol motifs (C(OH)–C–C–N with tert-alkyl or cyclic N) is 1. The van der Waals surface area contributed by atoms with E-state index in [2.05, 4.69) is 37.9 Å². The van der Waals surface area contributed by atoms with Crippen molar-refractivity contribution in [3.05, 3.63) is 78.4 Å². The van der Waals surface area contributed by atoms with E-state index in [0.717, 1.165) is 17.7 Å². The summed E-state index contributed by atoms with van der Waals surface area (Å²) < 4.78 is 11.1. The summed E-state index contributed by atoms with van der Waals surface area (Å²) in [4.78, 5) is 0. The highest BCUT2D eigenvalue weighted by Gasteiger charge is 2.19. The molecule has 2 aromatic rings. The van der Waals surface area contributed by atoms with Crippen molar-refractivity contribution in [3.8, 4) is 5.75 Å². The SMILES string of the molecule is C=CCOCc1ccc(OCC(O)CNC(C)(C)Cc2ccccc2)cc1. The van der Waals surface area contributed by atoms with Crippen molar-refractivity contribution in [1.82, 2.24) is 5.32 Å². The van der Waals surface area contributed by atoms with Gasteiger partial charge in [0.25, 0.3) is 0 Å². The molecule has 0 aliphatic carbocycles. The molecule has 4 heteroatoms. The summed E-state index contributed by atoms with van der Waals surface area (Å²) in [5.41, 5.74) is 2.25. The lowest BCUT2D eigenvalue weighted by molar-refractivity contribution is 0.0987. The van der Waals surface area contributed by atoms with E-state index in [1.807, 2.05) is 42.5 Å². The van der Waals surface area contributed by atoms with E-state index >= 15 is 0 Å². The summed E-state index contributed by atoms with van der Waals surface area (Å²) in [6.45, 7) is 9.72. The number of ether oxygens (including phenoxy) is 2. The molecule has 4 nitrogen and oxygen atoms in total. The second kappa shape index (κ2) is 10.9. The Hall–Kier alpha value is -2.14. The summed E-state index contributed by atoms with van der Waals surface area (Å²) >= 11 is 0. The Labute approximate surface area is 162 Å². The Kier molecular flexibility index (Phi) is 8.52. The number of nitrogens with one attached hydrogen (secondary N) is 1. The monoisotopic (exact) mass is 369 g/mol. The van der Waals surface area contributed by atoms with Gasteiger partial charge in [-0.05, 0) is 43.5 Å². The van der Waals surface area contributed by atoms with Gasteiger partial charge in [0, 0.05) is 12.1 Å². The Balaban J connectivity index is 1.70. The number of aliphatic hydroxyl groups excluding tert-OH is 1. The number of hydrogen-bond donors (Lipinski definition) is 2. The summed E-state index contributed by atoms with van der Waals surface area (Å²) in [6.07, 6.45) is 2.06. The number of hydrogen-bond acceptors (Lipinski definition) is 4. The maximum absolute atomic E-state index is 10.2. The van der Waals surface area contributed by atoms with Gasteiger partial charge in [0.15, 0.2) is 0 Å². The number of benzene rings is 2. The summed E-state index contributed by atoms with van der Waals surface area (Å²) in [6, 6.07) is 18.1. The molecule has 0 radical (unpaired) electrons. The molecule has 0 spiro atoms. The zero-order valence-electron chi connectivity index (χ0n) is 16.4. The lowest BCUT2D eigenvalue weighted by Gasteiger charge is -2.28. The zero-order valence-corrected chi connectivity index (χ0v) is 16.4. The first-order chi connectivity index (χ1) is 13.0. The first kappa shape index (κ1) is 21.2. The van der Waals surface area contributed by atoms with Crippen molar-refractivity contribution in [2.75, 3.05) is 19.8 Å². The highest BCUT2D eigenvalue weighted by Crippen LogP contribution is 2.14. The predicted octanol–water partition coefficient (Wildman–Crippen LogP) is 3.74. The van der Waals surface area contributed by atoms with Crippen molar-refractivity contribution in [2.45, 2.75) is 38.5 Å². The van der Waals surface area contributed by atoms with Gasteiger partial charge in [-0.15, -0.1) is 6.58 Å². The molecule has 0 aliphatic rings. The summed E-state index contributed by atoms with van der Waals surface area (Å²) in [7, 11) is 0. The molecule has 27 heavy (non-hydrogen) atoms. The van der Waals surface area contributed by atoms with Crippen LogP contribution in [-0.4, -0.2) is 36.5 Å². The molecule has 1 atom stereocenters. The van der Waals surface area contributed by atoms with Crippen molar-refractivity contribution in [1.29, 1.82) is 0 Å². The molecule has 2 N–H and O–H groups in total. The second-order valence-corrected chi connectivity index (χ2v) is 7.34. The van der Waals surface area contributed by atoms with Crippen LogP contribution in [0.15, 0.2) is 67.3 Å². The Morgan fingerprint density at radius 3 is 2.44 bits per heavy atom. The van der Waals surface area contributed by atoms with E-state index < -0.39 is 6.10 Å². The van der Waals surface area contributed by atoms with Crippen molar-refractivity contribution in [2.24, 2.45) is 0 Å². The van der Waals surface area contributed by atoms with Gasteiger partial charge in [-0.1, -0.05) is 48.5 Å². The minimum atomic E-state index is -0.573. The molecular formula is C23H31NO3. The van der Waals surface area contributed by atoms with Crippen LogP contribution in [0.25, 0.3) is 0 Å². The highest BCUT2D eigenvalue weighted by molar-refractivity contribution is 5.27. The van der Waals surface area contributed by atoms with Crippen LogP contribution >= 0.6 is 0 Å². The van der Waals surface area contributed by atoms with Crippen molar-refractivity contribution >= 4 is 0 Å². The molecule has 0 heterocycles. The second-order valence-electron chi connectivity index (χ2n) is 7.34. The van der Waals surface area contributed by atoms with Crippen LogP contribution in [-0.2, 0) is 17.8 Å². The summed E-state index contributed by atoms with van der Waals surface area (Å²) in [5.74, 6) is 0.741. The maximum atomic E-state index is 10.2. The summed E-state index contributed by atoms with van der Waals surface area (Å²) in [5, 5.41) is 13.6. The largest absolute Gasteiger partial charge is 0.491 e. The molecule has 0 saturated heterocycles. The molecule has 0 amide bonds. The van der Waals surface area contributed by atoms with Gasteiger partial charge in [0.1, 0.15) is 18.5 Å². The van der Waals surface area contributed by atoms with E-state index in [0.29, 0.717) is 19.8 Å². The standard InChI is InChI=1S/C23H31NO3/c1-4-14-26-17-20-10-12-22(13-11-20)27-18-21(25)16-24-23(2,3)15-19-8-6-5-7-9-19/h4-13,21,24-25H,1,14-18H2,2-3H3. The van der Waals surface area contributed by atoms with Gasteiger partial charge in [-0.3, -0.25) is 0 Å². The van der Waals surface area contributed by atoms with E-state index in [1.54, 1.807) is 6.08 Å². The van der Waals surface area contributed by atoms with Crippen LogP contribution in [0, 0.1) is 0 Å². The molecule has 0 bridgehead atoms. The molecule has 2 aromatic carbocycles. The van der Waals surface area contributed by atoms with E-state index in [4.69, 9.17) is 9.47 Å². The molecule has 146 valence electrons. The Morgan fingerprint density at radius 2 is 1.78 bits per heavy atom. The minimum Gasteiger partial charge on any atom is -0.491 e. The maximum Gasteiger partial charge on any atom is 0.119 e. The highest BCUT2D eigenvalue weighted by atomic mass is 16.5. The third-order valence-corrected chi connectivity index (χ3v) is 4.18. The quantitative estimate of drug-likeness (QED) is 0.442. The lowest BCUT2D eigenvalue weighted by atomic mass is 9.95. The van der Waals surface area contributed by atoms with Crippen LogP contribution < -0.4 is 10.1 Å². The fourth-order valence-corrected chi connectivity index (χ4v) is 2.76. The minimum absolute atomic E-state index is 0.102. The van der Waals surface area contributed by atoms with E-state index in [-0.39, 0.29) is 12.1 Å². The molecule has 2 rings (SSSR count). The number of aliphatic hydroxyl groups is 1. The third-order valence-electron chi connectivity index (χ3n) is 4.18. The molecular weight excluding hydrogens is 338 g/mol. The lowest BCUT2D eigenvalue weighted by Crippen LogP contribution is -2.46. The van der Waals surface area contributed by atoms with Crippen LogP contribution in [0.3, 0.4) is 0 Å². The average Bonchev–Trinajstić information content (AvgIpc) is 2.66. The Bertz CT molecular complexity index is 668. The van der Waals surface area contributed by atoms with Gasteiger partial charge < -0.3 is 19.9 Å². The van der Waals surface area contributed by atoms with Crippen molar-refractivity contribution < 1.29 is 14.6 Å². The van der Waals surface area contributed by atoms with Gasteiger partial charge in [0.2, 0.25) is 0 Å². The van der Waals surface area contributed by atoms with Crippen molar-refractivity contribution in [3.63, 3.8) is 0 Å². The average molecular weight is 370 g/mol. The number of rotatable bonds is 12. The molecule has 0 aliphatic heterocycles.